The molecule has 2 atom stereocenters. The van der Waals surface area contributed by atoms with E-state index in [0.717, 1.165) is 13.0 Å². The van der Waals surface area contributed by atoms with Gasteiger partial charge in [0.15, 0.2) is 0 Å². The standard InChI is InChI=1S/C8H12N4O3/c13-8-4-9-2-1-7(8)11-5-6(3-10-11)12(14)15/h3,5,7-9,13H,1-2,4H2. The third-order valence-electron chi connectivity index (χ3n) is 2.55. The molecule has 0 aliphatic carbocycles. The Morgan fingerprint density at radius 1 is 1.73 bits per heavy atom. The molecule has 0 aromatic carbocycles. The van der Waals surface area contributed by atoms with E-state index >= 15 is 0 Å². The molecular formula is C8H12N4O3. The first-order valence-electron chi connectivity index (χ1n) is 4.76. The van der Waals surface area contributed by atoms with Gasteiger partial charge in [0, 0.05) is 6.54 Å². The molecule has 2 unspecified atom stereocenters. The van der Waals surface area contributed by atoms with Crippen LogP contribution in [0.3, 0.4) is 0 Å². The summed E-state index contributed by atoms with van der Waals surface area (Å²) in [5, 5.41) is 27.1. The summed E-state index contributed by atoms with van der Waals surface area (Å²) in [6, 6.07) is -0.167. The first kappa shape index (κ1) is 10.1. The highest BCUT2D eigenvalue weighted by Crippen LogP contribution is 2.20. The van der Waals surface area contributed by atoms with Gasteiger partial charge in [0.1, 0.15) is 12.4 Å². The Kier molecular flexibility index (Phi) is 2.65. The second-order valence-corrected chi connectivity index (χ2v) is 3.56. The number of aromatic nitrogens is 2. The third-order valence-corrected chi connectivity index (χ3v) is 2.55. The number of rotatable bonds is 2. The fourth-order valence-electron chi connectivity index (χ4n) is 1.74. The maximum absolute atomic E-state index is 10.5. The molecule has 1 saturated heterocycles. The Bertz CT molecular complexity index is 365. The lowest BCUT2D eigenvalue weighted by molar-refractivity contribution is -0.385. The van der Waals surface area contributed by atoms with Crippen LogP contribution < -0.4 is 5.32 Å². The first-order chi connectivity index (χ1) is 7.18. The van der Waals surface area contributed by atoms with Crippen molar-refractivity contribution in [2.75, 3.05) is 13.1 Å². The number of nitrogens with zero attached hydrogens (tertiary/aromatic N) is 3. The molecular weight excluding hydrogens is 200 g/mol. The molecule has 0 saturated carbocycles. The zero-order valence-corrected chi connectivity index (χ0v) is 8.04. The first-order valence-corrected chi connectivity index (χ1v) is 4.76. The molecule has 1 fully saturated rings. The number of hydrogen-bond acceptors (Lipinski definition) is 5. The van der Waals surface area contributed by atoms with E-state index in [2.05, 4.69) is 10.4 Å². The van der Waals surface area contributed by atoms with E-state index in [9.17, 15) is 15.2 Å². The van der Waals surface area contributed by atoms with Crippen molar-refractivity contribution in [2.24, 2.45) is 0 Å². The average Bonchev–Trinajstić information content (AvgIpc) is 2.67. The van der Waals surface area contributed by atoms with Crippen LogP contribution in [0, 0.1) is 10.1 Å². The second-order valence-electron chi connectivity index (χ2n) is 3.56. The van der Waals surface area contributed by atoms with E-state index in [4.69, 9.17) is 0 Å². The van der Waals surface area contributed by atoms with Gasteiger partial charge in [-0.05, 0) is 13.0 Å². The van der Waals surface area contributed by atoms with Crippen molar-refractivity contribution in [3.8, 4) is 0 Å². The largest absolute Gasteiger partial charge is 0.390 e. The van der Waals surface area contributed by atoms with Gasteiger partial charge in [-0.15, -0.1) is 0 Å². The molecule has 1 aromatic rings. The zero-order valence-electron chi connectivity index (χ0n) is 8.04. The van der Waals surface area contributed by atoms with Crippen LogP contribution in [0.1, 0.15) is 12.5 Å². The third kappa shape index (κ3) is 1.97. The lowest BCUT2D eigenvalue weighted by Crippen LogP contribution is -2.41. The van der Waals surface area contributed by atoms with Crippen LogP contribution in [-0.4, -0.2) is 39.0 Å². The minimum atomic E-state index is -0.543. The van der Waals surface area contributed by atoms with Crippen LogP contribution in [-0.2, 0) is 0 Å². The normalized spacial score (nSPS) is 26.5. The lowest BCUT2D eigenvalue weighted by atomic mass is 10.0. The fraction of sp³-hybridized carbons (Fsp3) is 0.625. The summed E-state index contributed by atoms with van der Waals surface area (Å²) in [6.45, 7) is 1.29. The maximum Gasteiger partial charge on any atom is 0.307 e. The highest BCUT2D eigenvalue weighted by atomic mass is 16.6. The van der Waals surface area contributed by atoms with Gasteiger partial charge in [-0.1, -0.05) is 0 Å². The van der Waals surface area contributed by atoms with Crippen molar-refractivity contribution in [3.63, 3.8) is 0 Å². The van der Waals surface area contributed by atoms with E-state index < -0.39 is 11.0 Å². The smallest absolute Gasteiger partial charge is 0.307 e. The molecule has 82 valence electrons. The van der Waals surface area contributed by atoms with Gasteiger partial charge < -0.3 is 10.4 Å². The number of nitrogens with one attached hydrogen (secondary N) is 1. The number of β-amino-alcohol motifs (C(OH)–C–C–N with tert-alkyl or cyclic N) is 1. The van der Waals surface area contributed by atoms with Crippen LogP contribution >= 0.6 is 0 Å². The predicted molar refractivity (Wildman–Crippen MR) is 51.4 cm³/mol. The summed E-state index contributed by atoms with van der Waals surface area (Å²) in [4.78, 5) is 9.97. The number of piperidine rings is 1. The van der Waals surface area contributed by atoms with Gasteiger partial charge in [0.25, 0.3) is 0 Å². The predicted octanol–water partition coefficient (Wildman–Crippen LogP) is -0.313. The van der Waals surface area contributed by atoms with E-state index in [0.29, 0.717) is 6.54 Å². The van der Waals surface area contributed by atoms with Crippen molar-refractivity contribution < 1.29 is 10.0 Å². The van der Waals surface area contributed by atoms with Crippen molar-refractivity contribution in [1.82, 2.24) is 15.1 Å². The highest BCUT2D eigenvalue weighted by Gasteiger charge is 2.26. The van der Waals surface area contributed by atoms with Crippen LogP contribution in [0.4, 0.5) is 5.69 Å². The Morgan fingerprint density at radius 2 is 2.53 bits per heavy atom. The minimum Gasteiger partial charge on any atom is -0.390 e. The summed E-state index contributed by atoms with van der Waals surface area (Å²) in [7, 11) is 0. The zero-order chi connectivity index (χ0) is 10.8. The van der Waals surface area contributed by atoms with E-state index in [-0.39, 0.29) is 11.7 Å². The number of hydrogen-bond donors (Lipinski definition) is 2. The summed E-state index contributed by atoms with van der Waals surface area (Å²) < 4.78 is 1.48. The van der Waals surface area contributed by atoms with Gasteiger partial charge in [-0.2, -0.15) is 5.10 Å². The number of aliphatic hydroxyl groups excluding tert-OH is 1. The molecule has 0 spiro atoms. The van der Waals surface area contributed by atoms with Crippen molar-refractivity contribution in [2.45, 2.75) is 18.6 Å². The second kappa shape index (κ2) is 3.95. The van der Waals surface area contributed by atoms with Crippen molar-refractivity contribution in [1.29, 1.82) is 0 Å². The van der Waals surface area contributed by atoms with Crippen LogP contribution in [0.25, 0.3) is 0 Å². The molecule has 15 heavy (non-hydrogen) atoms. The van der Waals surface area contributed by atoms with E-state index in [1.807, 2.05) is 0 Å². The van der Waals surface area contributed by atoms with E-state index in [1.165, 1.54) is 17.1 Å². The van der Waals surface area contributed by atoms with E-state index in [1.54, 1.807) is 0 Å². The van der Waals surface area contributed by atoms with Gasteiger partial charge >= 0.3 is 5.69 Å². The van der Waals surface area contributed by atoms with Gasteiger partial charge in [0.2, 0.25) is 0 Å². The monoisotopic (exact) mass is 212 g/mol. The topological polar surface area (TPSA) is 93.2 Å². The minimum absolute atomic E-state index is 0.0410. The summed E-state index contributed by atoms with van der Waals surface area (Å²) in [6.07, 6.45) is 2.74. The SMILES string of the molecule is O=[N+]([O-])c1cnn(C2CCNCC2O)c1. The maximum atomic E-state index is 10.5. The van der Waals surface area contributed by atoms with Gasteiger partial charge in [-0.25, -0.2) is 0 Å². The van der Waals surface area contributed by atoms with Crippen molar-refractivity contribution >= 4 is 5.69 Å². The Labute approximate surface area is 85.9 Å². The Morgan fingerprint density at radius 3 is 3.13 bits per heavy atom. The molecule has 1 aromatic heterocycles. The van der Waals surface area contributed by atoms with Crippen LogP contribution in [0.2, 0.25) is 0 Å². The molecule has 2 N–H and O–H groups in total. The van der Waals surface area contributed by atoms with Crippen LogP contribution in [0.5, 0.6) is 0 Å². The van der Waals surface area contributed by atoms with Crippen molar-refractivity contribution in [3.05, 3.63) is 22.5 Å². The van der Waals surface area contributed by atoms with Gasteiger partial charge in [0.05, 0.1) is 17.1 Å². The summed E-state index contributed by atoms with van der Waals surface area (Å²) in [5.74, 6) is 0. The Hall–Kier alpha value is -1.47. The fourth-order valence-corrected chi connectivity index (χ4v) is 1.74. The molecule has 0 amide bonds. The average molecular weight is 212 g/mol. The molecule has 7 nitrogen and oxygen atoms in total. The summed E-state index contributed by atoms with van der Waals surface area (Å²) in [5.41, 5.74) is -0.0410. The Balaban J connectivity index is 2.17. The number of nitro groups is 1. The molecule has 1 aliphatic rings. The quantitative estimate of drug-likeness (QED) is 0.518. The molecule has 2 heterocycles. The molecule has 1 aliphatic heterocycles. The van der Waals surface area contributed by atoms with Crippen LogP contribution in [0.15, 0.2) is 12.4 Å². The van der Waals surface area contributed by atoms with Gasteiger partial charge in [-0.3, -0.25) is 14.8 Å². The molecule has 7 heteroatoms. The molecule has 0 radical (unpaired) electrons. The number of aliphatic hydroxyl groups is 1. The lowest BCUT2D eigenvalue weighted by Gasteiger charge is -2.28. The molecule has 2 rings (SSSR count). The highest BCUT2D eigenvalue weighted by molar-refractivity contribution is 5.21. The summed E-state index contributed by atoms with van der Waals surface area (Å²) >= 11 is 0. The molecule has 0 bridgehead atoms.